The summed E-state index contributed by atoms with van der Waals surface area (Å²) in [7, 11) is 0. The van der Waals surface area contributed by atoms with Gasteiger partial charge in [-0.05, 0) is 42.5 Å². The molecule has 0 aliphatic carbocycles. The van der Waals surface area contributed by atoms with Gasteiger partial charge >= 0.3 is 0 Å². The number of ether oxygens (including phenoxy) is 1. The standard InChI is InChI=1S/C14H14N4OS/c1-8-3-4-9(2)11(7-8)19-12-10-5-6-20-13(10)17-14(16-12)18-15/h3-7H,15H2,1-2H3,(H,16,17,18). The molecule has 0 bridgehead atoms. The Morgan fingerprint density at radius 3 is 2.85 bits per heavy atom. The SMILES string of the molecule is Cc1ccc(C)c(Oc2nc(NN)nc3sccc23)c1. The first-order valence-electron chi connectivity index (χ1n) is 6.14. The zero-order valence-electron chi connectivity index (χ0n) is 11.2. The lowest BCUT2D eigenvalue weighted by atomic mass is 10.1. The van der Waals surface area contributed by atoms with Gasteiger partial charge in [-0.15, -0.1) is 11.3 Å². The molecule has 20 heavy (non-hydrogen) atoms. The Bertz CT molecular complexity index is 769. The number of nitrogen functional groups attached to an aromatic ring is 1. The van der Waals surface area contributed by atoms with Crippen LogP contribution in [0.4, 0.5) is 5.95 Å². The molecule has 0 amide bonds. The molecule has 0 unspecified atom stereocenters. The van der Waals surface area contributed by atoms with E-state index >= 15 is 0 Å². The predicted octanol–water partition coefficient (Wildman–Crippen LogP) is 3.39. The number of nitrogens with zero attached hydrogens (tertiary/aromatic N) is 2. The van der Waals surface area contributed by atoms with Crippen LogP contribution in [0, 0.1) is 13.8 Å². The summed E-state index contributed by atoms with van der Waals surface area (Å²) in [5, 5.41) is 2.84. The number of hydrogen-bond acceptors (Lipinski definition) is 6. The molecule has 2 aromatic heterocycles. The quantitative estimate of drug-likeness (QED) is 0.570. The fourth-order valence-electron chi connectivity index (χ4n) is 1.89. The van der Waals surface area contributed by atoms with Gasteiger partial charge in [-0.2, -0.15) is 4.98 Å². The maximum atomic E-state index is 5.96. The number of aryl methyl sites for hydroxylation is 2. The van der Waals surface area contributed by atoms with E-state index in [0.717, 1.165) is 27.1 Å². The molecule has 0 radical (unpaired) electrons. The van der Waals surface area contributed by atoms with Crippen LogP contribution < -0.4 is 16.0 Å². The van der Waals surface area contributed by atoms with E-state index in [1.165, 1.54) is 11.3 Å². The van der Waals surface area contributed by atoms with Crippen molar-refractivity contribution < 1.29 is 4.74 Å². The summed E-state index contributed by atoms with van der Waals surface area (Å²) in [6.07, 6.45) is 0. The van der Waals surface area contributed by atoms with Gasteiger partial charge in [0.15, 0.2) is 0 Å². The van der Waals surface area contributed by atoms with Crippen molar-refractivity contribution in [1.29, 1.82) is 0 Å². The molecule has 1 aromatic carbocycles. The van der Waals surface area contributed by atoms with Crippen molar-refractivity contribution >= 4 is 27.5 Å². The molecule has 3 aromatic rings. The second-order valence-electron chi connectivity index (χ2n) is 4.51. The van der Waals surface area contributed by atoms with Crippen molar-refractivity contribution in [3.8, 4) is 11.6 Å². The third kappa shape index (κ3) is 2.31. The van der Waals surface area contributed by atoms with Gasteiger partial charge in [-0.1, -0.05) is 12.1 Å². The van der Waals surface area contributed by atoms with E-state index in [9.17, 15) is 0 Å². The van der Waals surface area contributed by atoms with Crippen LogP contribution in [0.1, 0.15) is 11.1 Å². The highest BCUT2D eigenvalue weighted by atomic mass is 32.1. The molecule has 102 valence electrons. The van der Waals surface area contributed by atoms with Gasteiger partial charge in [-0.25, -0.2) is 10.8 Å². The summed E-state index contributed by atoms with van der Waals surface area (Å²) in [6, 6.07) is 8.01. The number of rotatable bonds is 3. The van der Waals surface area contributed by atoms with Crippen molar-refractivity contribution in [2.24, 2.45) is 5.84 Å². The number of fused-ring (bicyclic) bond motifs is 1. The molecule has 3 N–H and O–H groups in total. The Balaban J connectivity index is 2.09. The number of nitrogens with one attached hydrogen (secondary N) is 1. The first-order chi connectivity index (χ1) is 9.67. The lowest BCUT2D eigenvalue weighted by Gasteiger charge is -2.10. The van der Waals surface area contributed by atoms with E-state index in [1.807, 2.05) is 37.4 Å². The minimum absolute atomic E-state index is 0.347. The monoisotopic (exact) mass is 286 g/mol. The molecule has 2 heterocycles. The van der Waals surface area contributed by atoms with E-state index in [4.69, 9.17) is 10.6 Å². The highest BCUT2D eigenvalue weighted by Crippen LogP contribution is 2.32. The Labute approximate surface area is 120 Å². The van der Waals surface area contributed by atoms with Crippen LogP contribution in [0.15, 0.2) is 29.6 Å². The van der Waals surface area contributed by atoms with Crippen LogP contribution >= 0.6 is 11.3 Å². The van der Waals surface area contributed by atoms with Gasteiger partial charge in [0.1, 0.15) is 10.6 Å². The summed E-state index contributed by atoms with van der Waals surface area (Å²) >= 11 is 1.52. The number of aromatic nitrogens is 2. The average molecular weight is 286 g/mol. The first-order valence-corrected chi connectivity index (χ1v) is 7.02. The molecule has 5 nitrogen and oxygen atoms in total. The van der Waals surface area contributed by atoms with E-state index in [1.54, 1.807) is 0 Å². The minimum atomic E-state index is 0.347. The molecule has 0 fully saturated rings. The Morgan fingerprint density at radius 1 is 1.20 bits per heavy atom. The third-order valence-corrected chi connectivity index (χ3v) is 3.78. The maximum Gasteiger partial charge on any atom is 0.241 e. The van der Waals surface area contributed by atoms with Crippen molar-refractivity contribution in [2.75, 3.05) is 5.43 Å². The number of benzene rings is 1. The van der Waals surface area contributed by atoms with Crippen LogP contribution in [-0.4, -0.2) is 9.97 Å². The number of hydrazine groups is 1. The minimum Gasteiger partial charge on any atom is -0.438 e. The first kappa shape index (κ1) is 12.8. The third-order valence-electron chi connectivity index (χ3n) is 2.97. The summed E-state index contributed by atoms with van der Waals surface area (Å²) in [6.45, 7) is 4.03. The molecule has 0 saturated heterocycles. The van der Waals surface area contributed by atoms with Gasteiger partial charge in [0.2, 0.25) is 11.8 Å². The summed E-state index contributed by atoms with van der Waals surface area (Å²) in [5.74, 6) is 7.05. The topological polar surface area (TPSA) is 73.1 Å². The highest BCUT2D eigenvalue weighted by Gasteiger charge is 2.11. The van der Waals surface area contributed by atoms with Crippen LogP contribution in [-0.2, 0) is 0 Å². The molecular weight excluding hydrogens is 272 g/mol. The zero-order valence-corrected chi connectivity index (χ0v) is 12.0. The highest BCUT2D eigenvalue weighted by molar-refractivity contribution is 7.16. The van der Waals surface area contributed by atoms with Gasteiger partial charge < -0.3 is 4.74 Å². The Hall–Kier alpha value is -2.18. The van der Waals surface area contributed by atoms with Gasteiger partial charge in [0.25, 0.3) is 0 Å². The van der Waals surface area contributed by atoms with E-state index in [2.05, 4.69) is 21.5 Å². The molecule has 0 spiro atoms. The summed E-state index contributed by atoms with van der Waals surface area (Å²) in [5.41, 5.74) is 4.66. The lowest BCUT2D eigenvalue weighted by molar-refractivity contribution is 0.465. The van der Waals surface area contributed by atoms with Crippen LogP contribution in [0.5, 0.6) is 11.6 Å². The van der Waals surface area contributed by atoms with Crippen molar-refractivity contribution in [3.63, 3.8) is 0 Å². The van der Waals surface area contributed by atoms with Gasteiger partial charge in [0, 0.05) is 0 Å². The lowest BCUT2D eigenvalue weighted by Crippen LogP contribution is -2.10. The number of anilines is 1. The van der Waals surface area contributed by atoms with Crippen LogP contribution in [0.3, 0.4) is 0 Å². The zero-order chi connectivity index (χ0) is 14.1. The summed E-state index contributed by atoms with van der Waals surface area (Å²) < 4.78 is 5.96. The number of hydrogen-bond donors (Lipinski definition) is 2. The van der Waals surface area contributed by atoms with Gasteiger partial charge in [0.05, 0.1) is 5.39 Å². The van der Waals surface area contributed by atoms with Crippen LogP contribution in [0.25, 0.3) is 10.2 Å². The largest absolute Gasteiger partial charge is 0.438 e. The summed E-state index contributed by atoms with van der Waals surface area (Å²) in [4.78, 5) is 9.42. The van der Waals surface area contributed by atoms with Gasteiger partial charge in [-0.3, -0.25) is 5.43 Å². The molecule has 3 rings (SSSR count). The molecule has 0 atom stereocenters. The maximum absolute atomic E-state index is 5.96. The normalized spacial score (nSPS) is 10.8. The van der Waals surface area contributed by atoms with Crippen LogP contribution in [0.2, 0.25) is 0 Å². The van der Waals surface area contributed by atoms with E-state index < -0.39 is 0 Å². The molecular formula is C14H14N4OS. The second kappa shape index (κ2) is 5.07. The fourth-order valence-corrected chi connectivity index (χ4v) is 2.65. The number of nitrogens with two attached hydrogens (primary N) is 1. The smallest absolute Gasteiger partial charge is 0.241 e. The number of thiophene rings is 1. The Morgan fingerprint density at radius 2 is 2.05 bits per heavy atom. The molecule has 0 saturated carbocycles. The molecule has 0 aliphatic heterocycles. The second-order valence-corrected chi connectivity index (χ2v) is 5.40. The van der Waals surface area contributed by atoms with E-state index in [0.29, 0.717) is 11.8 Å². The predicted molar refractivity (Wildman–Crippen MR) is 81.2 cm³/mol. The Kier molecular flexibility index (Phi) is 3.25. The molecule has 6 heteroatoms. The average Bonchev–Trinajstić information content (AvgIpc) is 2.91. The van der Waals surface area contributed by atoms with Crippen molar-refractivity contribution in [1.82, 2.24) is 9.97 Å². The van der Waals surface area contributed by atoms with Crippen molar-refractivity contribution in [3.05, 3.63) is 40.8 Å². The van der Waals surface area contributed by atoms with E-state index in [-0.39, 0.29) is 0 Å². The fraction of sp³-hybridized carbons (Fsp3) is 0.143. The van der Waals surface area contributed by atoms with Crippen molar-refractivity contribution in [2.45, 2.75) is 13.8 Å². The molecule has 0 aliphatic rings.